The highest BCUT2D eigenvalue weighted by molar-refractivity contribution is 9.10. The molecule has 6 heteroatoms. The van der Waals surface area contributed by atoms with Crippen molar-refractivity contribution in [3.63, 3.8) is 0 Å². The van der Waals surface area contributed by atoms with Crippen LogP contribution in [0.4, 0.5) is 15.9 Å². The molecule has 18 heavy (non-hydrogen) atoms. The summed E-state index contributed by atoms with van der Waals surface area (Å²) < 4.78 is 13.6. The van der Waals surface area contributed by atoms with Gasteiger partial charge < -0.3 is 11.1 Å². The molecule has 0 bridgehead atoms. The van der Waals surface area contributed by atoms with Gasteiger partial charge in [0.1, 0.15) is 11.6 Å². The van der Waals surface area contributed by atoms with Crippen molar-refractivity contribution in [2.24, 2.45) is 0 Å². The van der Waals surface area contributed by atoms with E-state index in [-0.39, 0.29) is 5.56 Å². The average Bonchev–Trinajstić information content (AvgIpc) is 2.31. The Balaban J connectivity index is 2.19. The Morgan fingerprint density at radius 2 is 2.11 bits per heavy atom. The third-order valence-electron chi connectivity index (χ3n) is 2.17. The fourth-order valence-electron chi connectivity index (χ4n) is 1.37. The van der Waals surface area contributed by atoms with Crippen LogP contribution in [0.5, 0.6) is 0 Å². The first kappa shape index (κ1) is 12.5. The van der Waals surface area contributed by atoms with Gasteiger partial charge in [-0.1, -0.05) is 15.9 Å². The zero-order valence-electron chi connectivity index (χ0n) is 9.15. The number of nitrogens with one attached hydrogen (secondary N) is 1. The quantitative estimate of drug-likeness (QED) is 0.896. The van der Waals surface area contributed by atoms with E-state index in [2.05, 4.69) is 26.2 Å². The number of carbonyl (C=O) groups excluding carboxylic acids is 1. The number of anilines is 2. The van der Waals surface area contributed by atoms with Gasteiger partial charge in [-0.25, -0.2) is 9.37 Å². The number of nitrogens with two attached hydrogens (primary N) is 1. The average molecular weight is 310 g/mol. The number of nitrogens with zero attached hydrogens (tertiary/aromatic N) is 1. The minimum atomic E-state index is -0.482. The molecule has 1 amide bonds. The third kappa shape index (κ3) is 3.04. The van der Waals surface area contributed by atoms with Crippen molar-refractivity contribution in [1.29, 1.82) is 0 Å². The summed E-state index contributed by atoms with van der Waals surface area (Å²) in [6.07, 6.45) is 1.43. The van der Waals surface area contributed by atoms with Gasteiger partial charge in [0.15, 0.2) is 0 Å². The first-order valence-corrected chi connectivity index (χ1v) is 5.83. The van der Waals surface area contributed by atoms with Crippen LogP contribution >= 0.6 is 15.9 Å². The maximum atomic E-state index is 13.1. The molecule has 1 aromatic carbocycles. The summed E-state index contributed by atoms with van der Waals surface area (Å²) in [7, 11) is 0. The fraction of sp³-hybridized carbons (Fsp3) is 0. The number of rotatable bonds is 2. The first-order valence-electron chi connectivity index (χ1n) is 5.03. The molecule has 0 saturated heterocycles. The van der Waals surface area contributed by atoms with Gasteiger partial charge in [-0.15, -0.1) is 0 Å². The molecule has 4 nitrogen and oxygen atoms in total. The summed E-state index contributed by atoms with van der Waals surface area (Å²) >= 11 is 3.13. The molecular weight excluding hydrogens is 301 g/mol. The van der Waals surface area contributed by atoms with Gasteiger partial charge in [-0.3, -0.25) is 4.79 Å². The molecule has 0 fully saturated rings. The van der Waals surface area contributed by atoms with Crippen LogP contribution in [0.3, 0.4) is 0 Å². The van der Waals surface area contributed by atoms with Gasteiger partial charge in [0.2, 0.25) is 0 Å². The number of halogens is 2. The number of carbonyl (C=O) groups is 1. The smallest absolute Gasteiger partial charge is 0.255 e. The molecule has 3 N–H and O–H groups in total. The number of aromatic nitrogens is 1. The third-order valence-corrected chi connectivity index (χ3v) is 2.63. The molecule has 0 saturated carbocycles. The van der Waals surface area contributed by atoms with E-state index in [1.807, 2.05) is 0 Å². The lowest BCUT2D eigenvalue weighted by atomic mass is 10.2. The molecule has 0 spiro atoms. The molecule has 0 aliphatic heterocycles. The summed E-state index contributed by atoms with van der Waals surface area (Å²) in [4.78, 5) is 15.7. The van der Waals surface area contributed by atoms with Crippen molar-refractivity contribution in [1.82, 2.24) is 4.98 Å². The number of nitrogen functional groups attached to an aromatic ring is 1. The van der Waals surface area contributed by atoms with E-state index in [0.717, 1.165) is 6.07 Å². The zero-order valence-corrected chi connectivity index (χ0v) is 10.7. The van der Waals surface area contributed by atoms with Gasteiger partial charge >= 0.3 is 0 Å². The Bertz CT molecular complexity index is 566. The fourth-order valence-corrected chi connectivity index (χ4v) is 1.83. The predicted octanol–water partition coefficient (Wildman–Crippen LogP) is 2.82. The van der Waals surface area contributed by atoms with Crippen LogP contribution < -0.4 is 11.1 Å². The Morgan fingerprint density at radius 1 is 1.33 bits per heavy atom. The highest BCUT2D eigenvalue weighted by atomic mass is 79.9. The van der Waals surface area contributed by atoms with E-state index in [0.29, 0.717) is 16.0 Å². The molecule has 1 aromatic heterocycles. The van der Waals surface area contributed by atoms with Crippen molar-refractivity contribution in [2.75, 3.05) is 11.1 Å². The highest BCUT2D eigenvalue weighted by Crippen LogP contribution is 2.16. The molecule has 1 heterocycles. The van der Waals surface area contributed by atoms with Crippen LogP contribution in [0.15, 0.2) is 41.0 Å². The lowest BCUT2D eigenvalue weighted by Gasteiger charge is -2.05. The van der Waals surface area contributed by atoms with Crippen molar-refractivity contribution in [3.05, 3.63) is 52.4 Å². The van der Waals surface area contributed by atoms with Crippen LogP contribution in [0.25, 0.3) is 0 Å². The molecule has 2 rings (SSSR count). The summed E-state index contributed by atoms with van der Waals surface area (Å²) in [6.45, 7) is 0. The standard InChI is InChI=1S/C12H9BrFN3O/c13-8-3-7(4-9(14)5-8)12(18)17-10-1-2-11(15)16-6-10/h1-6H,(H2,15,16)(H,17,18). The molecule has 0 atom stereocenters. The molecular formula is C12H9BrFN3O. The van der Waals surface area contributed by atoms with E-state index < -0.39 is 11.7 Å². The van der Waals surface area contributed by atoms with Gasteiger partial charge in [-0.05, 0) is 30.3 Å². The van der Waals surface area contributed by atoms with Crippen LogP contribution in [0.2, 0.25) is 0 Å². The van der Waals surface area contributed by atoms with Crippen LogP contribution in [0.1, 0.15) is 10.4 Å². The van der Waals surface area contributed by atoms with Crippen molar-refractivity contribution in [2.45, 2.75) is 0 Å². The number of hydrogen-bond acceptors (Lipinski definition) is 3. The van der Waals surface area contributed by atoms with Crippen molar-refractivity contribution >= 4 is 33.3 Å². The van der Waals surface area contributed by atoms with E-state index >= 15 is 0 Å². The van der Waals surface area contributed by atoms with E-state index in [1.54, 1.807) is 12.1 Å². The second-order valence-electron chi connectivity index (χ2n) is 3.58. The van der Waals surface area contributed by atoms with Crippen molar-refractivity contribution in [3.8, 4) is 0 Å². The van der Waals surface area contributed by atoms with Crippen LogP contribution in [-0.2, 0) is 0 Å². The largest absolute Gasteiger partial charge is 0.384 e. The second kappa shape index (κ2) is 5.14. The normalized spacial score (nSPS) is 10.1. The Morgan fingerprint density at radius 3 is 2.72 bits per heavy atom. The topological polar surface area (TPSA) is 68.0 Å². The summed E-state index contributed by atoms with van der Waals surface area (Å²) in [5, 5.41) is 2.60. The minimum Gasteiger partial charge on any atom is -0.384 e. The molecule has 0 aliphatic carbocycles. The predicted molar refractivity (Wildman–Crippen MR) is 70.7 cm³/mol. The maximum absolute atomic E-state index is 13.1. The van der Waals surface area contributed by atoms with Crippen molar-refractivity contribution < 1.29 is 9.18 Å². The summed E-state index contributed by atoms with van der Waals surface area (Å²) in [5.74, 6) is -0.534. The molecule has 0 unspecified atom stereocenters. The van der Waals surface area contributed by atoms with E-state index in [4.69, 9.17) is 5.73 Å². The van der Waals surface area contributed by atoms with Crippen LogP contribution in [-0.4, -0.2) is 10.9 Å². The number of benzene rings is 1. The summed E-state index contributed by atoms with van der Waals surface area (Å²) in [5.41, 5.74) is 6.14. The number of amides is 1. The lowest BCUT2D eigenvalue weighted by Crippen LogP contribution is -2.12. The van der Waals surface area contributed by atoms with E-state index in [9.17, 15) is 9.18 Å². The first-order chi connectivity index (χ1) is 8.54. The molecule has 92 valence electrons. The van der Waals surface area contributed by atoms with Gasteiger partial charge in [0, 0.05) is 10.0 Å². The van der Waals surface area contributed by atoms with Gasteiger partial charge in [0.25, 0.3) is 5.91 Å². The number of pyridine rings is 1. The monoisotopic (exact) mass is 309 g/mol. The number of hydrogen-bond donors (Lipinski definition) is 2. The Hall–Kier alpha value is -1.95. The highest BCUT2D eigenvalue weighted by Gasteiger charge is 2.08. The minimum absolute atomic E-state index is 0.221. The molecule has 2 aromatic rings. The Kier molecular flexibility index (Phi) is 3.57. The second-order valence-corrected chi connectivity index (χ2v) is 4.50. The Labute approximate surface area is 111 Å². The van der Waals surface area contributed by atoms with E-state index in [1.165, 1.54) is 18.3 Å². The molecule has 0 aliphatic rings. The SMILES string of the molecule is Nc1ccc(NC(=O)c2cc(F)cc(Br)c2)cn1. The van der Waals surface area contributed by atoms with Gasteiger partial charge in [0.05, 0.1) is 11.9 Å². The zero-order chi connectivity index (χ0) is 13.1. The van der Waals surface area contributed by atoms with Crippen LogP contribution in [0, 0.1) is 5.82 Å². The summed E-state index contributed by atoms with van der Waals surface area (Å²) in [6, 6.07) is 7.15. The maximum Gasteiger partial charge on any atom is 0.255 e. The molecule has 0 radical (unpaired) electrons. The lowest BCUT2D eigenvalue weighted by molar-refractivity contribution is 0.102. The van der Waals surface area contributed by atoms with Gasteiger partial charge in [-0.2, -0.15) is 0 Å².